The molecule has 0 radical (unpaired) electrons. The first-order valence-corrected chi connectivity index (χ1v) is 7.62. The highest BCUT2D eigenvalue weighted by atomic mass is 32.2. The summed E-state index contributed by atoms with van der Waals surface area (Å²) in [5, 5.41) is 0. The monoisotopic (exact) mass is 230 g/mol. The summed E-state index contributed by atoms with van der Waals surface area (Å²) in [6.07, 6.45) is 7.45. The van der Waals surface area contributed by atoms with Crippen LogP contribution in [0.15, 0.2) is 0 Å². The summed E-state index contributed by atoms with van der Waals surface area (Å²) in [7, 11) is 0. The minimum Gasteiger partial charge on any atom is -0.327 e. The quantitative estimate of drug-likeness (QED) is 0.658. The van der Waals surface area contributed by atoms with E-state index in [1.165, 1.54) is 38.1 Å². The summed E-state index contributed by atoms with van der Waals surface area (Å²) in [6, 6.07) is 0.378. The first-order valence-electron chi connectivity index (χ1n) is 6.23. The molecule has 1 atom stereocenters. The maximum absolute atomic E-state index is 6.13. The second kappa shape index (κ2) is 7.53. The van der Waals surface area contributed by atoms with Crippen molar-refractivity contribution in [2.75, 3.05) is 31.6 Å². The normalized spacial score (nSPS) is 18.4. The average molecular weight is 230 g/mol. The van der Waals surface area contributed by atoms with Crippen molar-refractivity contribution in [1.29, 1.82) is 0 Å². The van der Waals surface area contributed by atoms with Crippen LogP contribution in [0.4, 0.5) is 0 Å². The van der Waals surface area contributed by atoms with Gasteiger partial charge in [0.1, 0.15) is 0 Å². The molecule has 0 spiro atoms. The molecule has 15 heavy (non-hydrogen) atoms. The van der Waals surface area contributed by atoms with Crippen LogP contribution < -0.4 is 5.73 Å². The van der Waals surface area contributed by atoms with Crippen LogP contribution in [0.3, 0.4) is 0 Å². The molecule has 0 bridgehead atoms. The van der Waals surface area contributed by atoms with E-state index in [1.54, 1.807) is 0 Å². The lowest BCUT2D eigenvalue weighted by Gasteiger charge is -2.25. The van der Waals surface area contributed by atoms with Crippen LogP contribution in [-0.2, 0) is 0 Å². The summed E-state index contributed by atoms with van der Waals surface area (Å²) in [5.41, 5.74) is 6.13. The number of thioether (sulfide) groups is 1. The molecule has 3 heteroatoms. The number of rotatable bonds is 9. The van der Waals surface area contributed by atoms with Gasteiger partial charge in [0, 0.05) is 19.1 Å². The zero-order chi connectivity index (χ0) is 11.1. The number of hydrogen-bond acceptors (Lipinski definition) is 3. The van der Waals surface area contributed by atoms with Crippen LogP contribution in [0.25, 0.3) is 0 Å². The highest BCUT2D eigenvalue weighted by molar-refractivity contribution is 7.98. The molecule has 1 rings (SSSR count). The summed E-state index contributed by atoms with van der Waals surface area (Å²) >= 11 is 1.90. The van der Waals surface area contributed by atoms with Crippen molar-refractivity contribution in [1.82, 2.24) is 4.90 Å². The van der Waals surface area contributed by atoms with Crippen molar-refractivity contribution in [3.8, 4) is 0 Å². The van der Waals surface area contributed by atoms with Gasteiger partial charge in [-0.25, -0.2) is 0 Å². The minimum atomic E-state index is 0.378. The molecule has 0 saturated heterocycles. The molecule has 2 nitrogen and oxygen atoms in total. The van der Waals surface area contributed by atoms with Gasteiger partial charge in [0.05, 0.1) is 0 Å². The van der Waals surface area contributed by atoms with Gasteiger partial charge in [-0.2, -0.15) is 11.8 Å². The second-order valence-electron chi connectivity index (χ2n) is 4.74. The largest absolute Gasteiger partial charge is 0.327 e. The van der Waals surface area contributed by atoms with E-state index in [4.69, 9.17) is 5.73 Å². The van der Waals surface area contributed by atoms with Crippen LogP contribution in [0.1, 0.15) is 32.6 Å². The van der Waals surface area contributed by atoms with Crippen molar-refractivity contribution in [2.45, 2.75) is 38.6 Å². The van der Waals surface area contributed by atoms with Crippen LogP contribution in [-0.4, -0.2) is 42.6 Å². The fourth-order valence-corrected chi connectivity index (χ4v) is 2.47. The lowest BCUT2D eigenvalue weighted by atomic mass is 10.2. The van der Waals surface area contributed by atoms with E-state index in [2.05, 4.69) is 18.1 Å². The summed E-state index contributed by atoms with van der Waals surface area (Å²) in [4.78, 5) is 2.57. The Labute approximate surface area is 99.0 Å². The second-order valence-corrected chi connectivity index (χ2v) is 5.73. The molecule has 0 heterocycles. The van der Waals surface area contributed by atoms with Gasteiger partial charge >= 0.3 is 0 Å². The number of hydrogen-bond donors (Lipinski definition) is 1. The Kier molecular flexibility index (Phi) is 6.69. The van der Waals surface area contributed by atoms with E-state index in [9.17, 15) is 0 Å². The van der Waals surface area contributed by atoms with E-state index in [-0.39, 0.29) is 0 Å². The first-order chi connectivity index (χ1) is 7.26. The van der Waals surface area contributed by atoms with Gasteiger partial charge in [0.2, 0.25) is 0 Å². The van der Waals surface area contributed by atoms with E-state index in [0.717, 1.165) is 18.9 Å². The molecule has 0 aromatic rings. The van der Waals surface area contributed by atoms with Crippen molar-refractivity contribution in [3.05, 3.63) is 0 Å². The molecule has 1 fully saturated rings. The molecule has 0 aromatic heterocycles. The minimum absolute atomic E-state index is 0.378. The summed E-state index contributed by atoms with van der Waals surface area (Å²) in [5.74, 6) is 2.19. The topological polar surface area (TPSA) is 29.3 Å². The third-order valence-corrected chi connectivity index (χ3v) is 3.58. The van der Waals surface area contributed by atoms with Crippen molar-refractivity contribution < 1.29 is 0 Å². The van der Waals surface area contributed by atoms with E-state index in [1.807, 2.05) is 11.8 Å². The molecule has 0 unspecified atom stereocenters. The van der Waals surface area contributed by atoms with E-state index >= 15 is 0 Å². The fourth-order valence-electron chi connectivity index (χ4n) is 1.93. The molecule has 1 aliphatic carbocycles. The van der Waals surface area contributed by atoms with Crippen LogP contribution >= 0.6 is 11.8 Å². The molecular formula is C12H26N2S. The Balaban J connectivity index is 2.15. The van der Waals surface area contributed by atoms with E-state index in [0.29, 0.717) is 6.04 Å². The van der Waals surface area contributed by atoms with Gasteiger partial charge in [-0.3, -0.25) is 0 Å². The highest BCUT2D eigenvalue weighted by Gasteiger charge is 2.24. The Morgan fingerprint density at radius 2 is 2.20 bits per heavy atom. The van der Waals surface area contributed by atoms with Gasteiger partial charge in [-0.15, -0.1) is 0 Å². The zero-order valence-electron chi connectivity index (χ0n) is 10.2. The Morgan fingerprint density at radius 1 is 1.47 bits per heavy atom. The van der Waals surface area contributed by atoms with Crippen molar-refractivity contribution in [3.63, 3.8) is 0 Å². The molecule has 1 saturated carbocycles. The molecule has 0 aromatic carbocycles. The van der Waals surface area contributed by atoms with Gasteiger partial charge in [0.25, 0.3) is 0 Å². The Hall–Kier alpha value is 0.270. The average Bonchev–Trinajstić information content (AvgIpc) is 2.99. The highest BCUT2D eigenvalue weighted by Crippen LogP contribution is 2.29. The Morgan fingerprint density at radius 3 is 2.73 bits per heavy atom. The smallest absolute Gasteiger partial charge is 0.0175 e. The van der Waals surface area contributed by atoms with Crippen molar-refractivity contribution in [2.24, 2.45) is 11.7 Å². The van der Waals surface area contributed by atoms with Crippen LogP contribution in [0.5, 0.6) is 0 Å². The van der Waals surface area contributed by atoms with Crippen LogP contribution in [0, 0.1) is 5.92 Å². The predicted octanol–water partition coefficient (Wildman–Crippen LogP) is 2.19. The van der Waals surface area contributed by atoms with Gasteiger partial charge in [-0.1, -0.05) is 6.92 Å². The molecule has 0 aliphatic heterocycles. The lowest BCUT2D eigenvalue weighted by molar-refractivity contribution is 0.245. The third-order valence-electron chi connectivity index (χ3n) is 2.94. The summed E-state index contributed by atoms with van der Waals surface area (Å²) < 4.78 is 0. The molecule has 2 N–H and O–H groups in total. The molecule has 0 amide bonds. The number of nitrogens with two attached hydrogens (primary N) is 1. The van der Waals surface area contributed by atoms with Crippen molar-refractivity contribution >= 4 is 11.8 Å². The first kappa shape index (κ1) is 13.3. The van der Waals surface area contributed by atoms with E-state index < -0.39 is 0 Å². The molecule has 1 aliphatic rings. The predicted molar refractivity (Wildman–Crippen MR) is 70.4 cm³/mol. The standard InChI is InChI=1S/C12H26N2S/c1-3-7-14(9-11-4-5-11)10-12(13)6-8-15-2/h11-12H,3-10,13H2,1-2H3/t12-/m1/s1. The Bertz CT molecular complexity index is 160. The third kappa shape index (κ3) is 6.44. The van der Waals surface area contributed by atoms with Gasteiger partial charge < -0.3 is 10.6 Å². The SMILES string of the molecule is CCCN(CC1CC1)C[C@H](N)CCSC. The van der Waals surface area contributed by atoms with Gasteiger partial charge in [0.15, 0.2) is 0 Å². The zero-order valence-corrected chi connectivity index (χ0v) is 11.1. The fraction of sp³-hybridized carbons (Fsp3) is 1.00. The molecular weight excluding hydrogens is 204 g/mol. The maximum atomic E-state index is 6.13. The number of nitrogens with zero attached hydrogens (tertiary/aromatic N) is 1. The lowest BCUT2D eigenvalue weighted by Crippen LogP contribution is -2.39. The summed E-state index contributed by atoms with van der Waals surface area (Å²) in [6.45, 7) is 5.88. The van der Waals surface area contributed by atoms with Gasteiger partial charge in [-0.05, 0) is 50.2 Å². The van der Waals surface area contributed by atoms with Crippen LogP contribution in [0.2, 0.25) is 0 Å². The maximum Gasteiger partial charge on any atom is 0.0175 e. The molecule has 90 valence electrons.